The predicted molar refractivity (Wildman–Crippen MR) is 119 cm³/mol. The summed E-state index contributed by atoms with van der Waals surface area (Å²) in [6.07, 6.45) is 8.23. The van der Waals surface area contributed by atoms with E-state index in [4.69, 9.17) is 11.6 Å². The number of hydrogen-bond acceptors (Lipinski definition) is 6. The van der Waals surface area contributed by atoms with E-state index >= 15 is 4.39 Å². The monoisotopic (exact) mass is 483 g/mol. The lowest BCUT2D eigenvalue weighted by atomic mass is 9.98. The molecule has 5 aromatic rings. The van der Waals surface area contributed by atoms with Crippen molar-refractivity contribution in [3.63, 3.8) is 0 Å². The van der Waals surface area contributed by atoms with Crippen molar-refractivity contribution < 1.29 is 13.6 Å². The zero-order chi connectivity index (χ0) is 23.6. The maximum atomic E-state index is 15.6. The second-order valence-corrected chi connectivity index (χ2v) is 8.52. The number of halogens is 3. The topological polar surface area (TPSA) is 119 Å². The van der Waals surface area contributed by atoms with E-state index in [0.29, 0.717) is 33.4 Å². The molecule has 0 aliphatic heterocycles. The third kappa shape index (κ3) is 3.21. The van der Waals surface area contributed by atoms with E-state index in [1.165, 1.54) is 23.5 Å². The van der Waals surface area contributed by atoms with E-state index in [1.54, 1.807) is 29.9 Å². The molecule has 13 heteroatoms. The lowest BCUT2D eigenvalue weighted by Crippen LogP contribution is -2.15. The third-order valence-corrected chi connectivity index (χ3v) is 6.33. The van der Waals surface area contributed by atoms with Gasteiger partial charge in [-0.2, -0.15) is 10.2 Å². The molecule has 10 nitrogen and oxygen atoms in total. The number of aromatic nitrogens is 8. The molecular formula is C21H16ClF2N9O. The van der Waals surface area contributed by atoms with Gasteiger partial charge >= 0.3 is 0 Å². The van der Waals surface area contributed by atoms with E-state index in [0.717, 1.165) is 0 Å². The molecule has 34 heavy (non-hydrogen) atoms. The first-order valence-corrected chi connectivity index (χ1v) is 10.8. The summed E-state index contributed by atoms with van der Waals surface area (Å²) in [7, 11) is 0. The number of aromatic amines is 1. The number of H-pyrrole nitrogens is 1. The summed E-state index contributed by atoms with van der Waals surface area (Å²) in [6, 6.07) is -0.498. The number of hydrogen-bond donors (Lipinski definition) is 2. The molecule has 1 amide bonds. The first kappa shape index (κ1) is 20.7. The standard InChI is InChI=1S/C21H16ClF2N9O/c1-9(33-8-25-7-28-33)16-19(24)18(22)17(11-3-27-31-20(11)16)13-5-32-6-14(29-15(32)4-26-13)30-21(34)10-2-12(10)23/h3-10,12H,2H2,1H3,(H,27,31)(H,30,34). The molecule has 0 spiro atoms. The fourth-order valence-corrected chi connectivity index (χ4v) is 4.37. The Morgan fingerprint density at radius 2 is 2.18 bits per heavy atom. The Morgan fingerprint density at radius 1 is 1.35 bits per heavy atom. The first-order valence-electron chi connectivity index (χ1n) is 10.4. The number of imidazole rings is 1. The molecule has 0 saturated heterocycles. The quantitative estimate of drug-likeness (QED) is 0.394. The third-order valence-electron chi connectivity index (χ3n) is 5.98. The molecule has 1 fully saturated rings. The molecule has 4 heterocycles. The van der Waals surface area contributed by atoms with Crippen molar-refractivity contribution in [1.29, 1.82) is 0 Å². The van der Waals surface area contributed by atoms with Crippen LogP contribution >= 0.6 is 11.6 Å². The van der Waals surface area contributed by atoms with Crippen LogP contribution in [0.4, 0.5) is 14.6 Å². The predicted octanol–water partition coefficient (Wildman–Crippen LogP) is 3.56. The summed E-state index contributed by atoms with van der Waals surface area (Å²) in [6.45, 7) is 1.78. The Balaban J connectivity index is 1.43. The highest BCUT2D eigenvalue weighted by atomic mass is 35.5. The van der Waals surface area contributed by atoms with Gasteiger partial charge < -0.3 is 9.72 Å². The Kier molecular flexibility index (Phi) is 4.59. The molecule has 0 radical (unpaired) electrons. The summed E-state index contributed by atoms with van der Waals surface area (Å²) in [5, 5.41) is 14.1. The molecule has 4 aromatic heterocycles. The van der Waals surface area contributed by atoms with Gasteiger partial charge in [-0.25, -0.2) is 23.4 Å². The SMILES string of the molecule is CC(c1c(F)c(Cl)c(-c2cn3cc(NC(=O)C4CC4F)nc3cn2)c2cn[nH]c12)n1cncn1. The number of benzene rings is 1. The smallest absolute Gasteiger partial charge is 0.231 e. The molecule has 1 aliphatic carbocycles. The summed E-state index contributed by atoms with van der Waals surface area (Å²) in [4.78, 5) is 24.6. The number of amides is 1. The van der Waals surface area contributed by atoms with E-state index < -0.39 is 29.9 Å². The van der Waals surface area contributed by atoms with Gasteiger partial charge in [0.2, 0.25) is 5.91 Å². The van der Waals surface area contributed by atoms with Gasteiger partial charge in [-0.3, -0.25) is 14.9 Å². The molecule has 3 atom stereocenters. The van der Waals surface area contributed by atoms with Gasteiger partial charge in [0, 0.05) is 22.7 Å². The van der Waals surface area contributed by atoms with Crippen molar-refractivity contribution in [2.45, 2.75) is 25.6 Å². The van der Waals surface area contributed by atoms with Gasteiger partial charge in [-0.1, -0.05) is 11.6 Å². The molecule has 1 aliphatic rings. The number of carbonyl (C=O) groups is 1. The van der Waals surface area contributed by atoms with Crippen LogP contribution in [0.3, 0.4) is 0 Å². The van der Waals surface area contributed by atoms with Crippen LogP contribution in [0.25, 0.3) is 27.8 Å². The van der Waals surface area contributed by atoms with Gasteiger partial charge in [0.15, 0.2) is 11.5 Å². The highest BCUT2D eigenvalue weighted by Crippen LogP contribution is 2.41. The fourth-order valence-electron chi connectivity index (χ4n) is 4.07. The minimum absolute atomic E-state index is 0.112. The molecule has 172 valence electrons. The van der Waals surface area contributed by atoms with Crippen LogP contribution in [0.2, 0.25) is 5.02 Å². The molecule has 6 rings (SSSR count). The summed E-state index contributed by atoms with van der Waals surface area (Å²) < 4.78 is 31.9. The summed E-state index contributed by atoms with van der Waals surface area (Å²) in [5.74, 6) is -1.40. The number of fused-ring (bicyclic) bond motifs is 2. The van der Waals surface area contributed by atoms with Crippen LogP contribution in [0.15, 0.2) is 37.4 Å². The molecule has 0 bridgehead atoms. The highest BCUT2D eigenvalue weighted by Gasteiger charge is 2.43. The molecular weight excluding hydrogens is 468 g/mol. The van der Waals surface area contributed by atoms with Crippen molar-refractivity contribution in [3.8, 4) is 11.3 Å². The maximum Gasteiger partial charge on any atom is 0.231 e. The fraction of sp³-hybridized carbons (Fsp3) is 0.238. The maximum absolute atomic E-state index is 15.6. The second kappa shape index (κ2) is 7.55. The van der Waals surface area contributed by atoms with Gasteiger partial charge in [-0.15, -0.1) is 0 Å². The first-order chi connectivity index (χ1) is 16.4. The summed E-state index contributed by atoms with van der Waals surface area (Å²) in [5.41, 5.74) is 1.95. The largest absolute Gasteiger partial charge is 0.309 e. The van der Waals surface area contributed by atoms with Crippen LogP contribution in [-0.2, 0) is 4.79 Å². The highest BCUT2D eigenvalue weighted by molar-refractivity contribution is 6.35. The van der Waals surface area contributed by atoms with E-state index in [9.17, 15) is 9.18 Å². The Bertz CT molecular complexity index is 1560. The van der Waals surface area contributed by atoms with E-state index in [1.807, 2.05) is 0 Å². The zero-order valence-electron chi connectivity index (χ0n) is 17.6. The number of nitrogens with one attached hydrogen (secondary N) is 2. The number of rotatable bonds is 5. The second-order valence-electron chi connectivity index (χ2n) is 8.14. The zero-order valence-corrected chi connectivity index (χ0v) is 18.3. The van der Waals surface area contributed by atoms with Crippen molar-refractivity contribution in [1.82, 2.24) is 39.3 Å². The number of nitrogens with zero attached hydrogens (tertiary/aromatic N) is 7. The normalized spacial score (nSPS) is 18.5. The molecule has 3 unspecified atom stereocenters. The van der Waals surface area contributed by atoms with Crippen LogP contribution in [0, 0.1) is 11.7 Å². The van der Waals surface area contributed by atoms with Crippen LogP contribution in [0.1, 0.15) is 24.9 Å². The number of carbonyl (C=O) groups excluding carboxylic acids is 1. The average Bonchev–Trinajstić information content (AvgIpc) is 3.26. The van der Waals surface area contributed by atoms with Crippen LogP contribution < -0.4 is 5.32 Å². The molecule has 2 N–H and O–H groups in total. The average molecular weight is 484 g/mol. The number of alkyl halides is 1. The Morgan fingerprint density at radius 3 is 2.91 bits per heavy atom. The van der Waals surface area contributed by atoms with Crippen molar-refractivity contribution in [2.24, 2.45) is 5.92 Å². The van der Waals surface area contributed by atoms with Gasteiger partial charge in [0.25, 0.3) is 0 Å². The number of anilines is 1. The molecule has 1 saturated carbocycles. The Labute approximate surface area is 195 Å². The lowest BCUT2D eigenvalue weighted by Gasteiger charge is -2.17. The van der Waals surface area contributed by atoms with E-state index in [-0.39, 0.29) is 17.3 Å². The van der Waals surface area contributed by atoms with E-state index in [2.05, 4.69) is 35.6 Å². The van der Waals surface area contributed by atoms with Crippen molar-refractivity contribution in [3.05, 3.63) is 53.8 Å². The van der Waals surface area contributed by atoms with Gasteiger partial charge in [0.1, 0.15) is 24.6 Å². The molecule has 1 aromatic carbocycles. The van der Waals surface area contributed by atoms with Crippen molar-refractivity contribution in [2.75, 3.05) is 5.32 Å². The van der Waals surface area contributed by atoms with Gasteiger partial charge in [-0.05, 0) is 13.3 Å². The van der Waals surface area contributed by atoms with Crippen LogP contribution in [-0.4, -0.2) is 51.4 Å². The lowest BCUT2D eigenvalue weighted by molar-refractivity contribution is -0.117. The van der Waals surface area contributed by atoms with Crippen molar-refractivity contribution >= 4 is 39.9 Å². The van der Waals surface area contributed by atoms with Gasteiger partial charge in [0.05, 0.1) is 46.8 Å². The minimum Gasteiger partial charge on any atom is -0.309 e. The summed E-state index contributed by atoms with van der Waals surface area (Å²) >= 11 is 6.54. The minimum atomic E-state index is -1.10. The Hall–Kier alpha value is -3.93. The van der Waals surface area contributed by atoms with Crippen LogP contribution in [0.5, 0.6) is 0 Å².